The van der Waals surface area contributed by atoms with Crippen molar-refractivity contribution in [3.8, 4) is 0 Å². The van der Waals surface area contributed by atoms with E-state index >= 15 is 0 Å². The van der Waals surface area contributed by atoms with Gasteiger partial charge in [-0.05, 0) is 35.3 Å². The van der Waals surface area contributed by atoms with E-state index in [-0.39, 0.29) is 0 Å². The smallest absolute Gasteiger partial charge is 0.188 e. The van der Waals surface area contributed by atoms with Crippen LogP contribution in [-0.4, -0.2) is 19.0 Å². The van der Waals surface area contributed by atoms with Crippen LogP contribution in [0.4, 0.5) is 0 Å². The molecule has 18 heavy (non-hydrogen) atoms. The number of fused-ring (bicyclic) bond motifs is 3. The van der Waals surface area contributed by atoms with E-state index in [9.17, 15) is 0 Å². The van der Waals surface area contributed by atoms with Crippen molar-refractivity contribution in [2.45, 2.75) is 12.3 Å². The van der Waals surface area contributed by atoms with Crippen LogP contribution in [0.2, 0.25) is 0 Å². The maximum absolute atomic E-state index is 5.77. The fraction of sp³-hybridized carbons (Fsp3) is 0.400. The highest BCUT2D eigenvalue weighted by molar-refractivity contribution is 5.78. The second-order valence-corrected chi connectivity index (χ2v) is 5.15. The first-order valence-electron chi connectivity index (χ1n) is 6.53. The lowest BCUT2D eigenvalue weighted by atomic mass is 10.0. The molecule has 3 N–H and O–H groups in total. The van der Waals surface area contributed by atoms with Crippen molar-refractivity contribution in [2.75, 3.05) is 13.1 Å². The van der Waals surface area contributed by atoms with Gasteiger partial charge < -0.3 is 11.1 Å². The van der Waals surface area contributed by atoms with Gasteiger partial charge in [0.2, 0.25) is 0 Å². The molecule has 3 nitrogen and oxygen atoms in total. The first-order chi connectivity index (χ1) is 8.81. The Labute approximate surface area is 108 Å². The van der Waals surface area contributed by atoms with Crippen LogP contribution in [0.15, 0.2) is 41.9 Å². The number of aliphatic imine (C=N–C) groups is 1. The Morgan fingerprint density at radius 3 is 3.17 bits per heavy atom. The minimum Gasteiger partial charge on any atom is -0.370 e. The highest BCUT2D eigenvalue weighted by Crippen LogP contribution is 2.61. The SMILES string of the molecule is C=CCNC(N)=NCC1C2Cc3ccccc3C12. The predicted molar refractivity (Wildman–Crippen MR) is 74.6 cm³/mol. The minimum absolute atomic E-state index is 0.535. The minimum atomic E-state index is 0.535. The molecule has 3 atom stereocenters. The molecule has 2 aliphatic rings. The molecule has 0 amide bonds. The lowest BCUT2D eigenvalue weighted by molar-refractivity contribution is 0.698. The monoisotopic (exact) mass is 241 g/mol. The number of rotatable bonds is 4. The Kier molecular flexibility index (Phi) is 2.82. The van der Waals surface area contributed by atoms with Gasteiger partial charge in [0.05, 0.1) is 0 Å². The number of hydrogen-bond donors (Lipinski definition) is 2. The van der Waals surface area contributed by atoms with Crippen LogP contribution in [0.5, 0.6) is 0 Å². The molecule has 0 radical (unpaired) electrons. The van der Waals surface area contributed by atoms with Crippen LogP contribution in [-0.2, 0) is 6.42 Å². The molecule has 0 saturated heterocycles. The normalized spacial score (nSPS) is 28.4. The first-order valence-corrected chi connectivity index (χ1v) is 6.53. The molecular formula is C15H19N3. The molecule has 0 heterocycles. The standard InChI is InChI=1S/C15H19N3/c1-2-7-17-15(16)18-9-13-12-8-10-5-3-4-6-11(10)14(12)13/h2-6,12-14H,1,7-9H2,(H3,16,17,18). The average Bonchev–Trinajstić information content (AvgIpc) is 2.93. The Hall–Kier alpha value is -1.77. The lowest BCUT2D eigenvalue weighted by Crippen LogP contribution is -2.31. The fourth-order valence-corrected chi connectivity index (χ4v) is 3.17. The Bertz CT molecular complexity index is 492. The number of benzene rings is 1. The average molecular weight is 241 g/mol. The summed E-state index contributed by atoms with van der Waals surface area (Å²) < 4.78 is 0. The van der Waals surface area contributed by atoms with Gasteiger partial charge in [-0.15, -0.1) is 6.58 Å². The maximum Gasteiger partial charge on any atom is 0.188 e. The summed E-state index contributed by atoms with van der Waals surface area (Å²) >= 11 is 0. The van der Waals surface area contributed by atoms with E-state index in [2.05, 4.69) is 41.2 Å². The number of nitrogens with one attached hydrogen (secondary N) is 1. The molecule has 1 fully saturated rings. The summed E-state index contributed by atoms with van der Waals surface area (Å²) in [5.41, 5.74) is 8.85. The molecule has 3 unspecified atom stereocenters. The van der Waals surface area contributed by atoms with Crippen molar-refractivity contribution in [1.82, 2.24) is 5.32 Å². The number of guanidine groups is 1. The third-order valence-corrected chi connectivity index (χ3v) is 4.10. The molecule has 0 bridgehead atoms. The molecule has 2 aliphatic carbocycles. The number of hydrogen-bond acceptors (Lipinski definition) is 1. The van der Waals surface area contributed by atoms with Crippen molar-refractivity contribution >= 4 is 5.96 Å². The molecular weight excluding hydrogens is 222 g/mol. The van der Waals surface area contributed by atoms with Crippen LogP contribution in [0.1, 0.15) is 17.0 Å². The van der Waals surface area contributed by atoms with Gasteiger partial charge in [-0.2, -0.15) is 0 Å². The molecule has 0 spiro atoms. The molecule has 3 rings (SSSR count). The van der Waals surface area contributed by atoms with Crippen molar-refractivity contribution in [3.05, 3.63) is 48.0 Å². The second kappa shape index (κ2) is 4.48. The van der Waals surface area contributed by atoms with E-state index in [4.69, 9.17) is 5.73 Å². The van der Waals surface area contributed by atoms with Gasteiger partial charge in [-0.25, -0.2) is 0 Å². The molecule has 94 valence electrons. The topological polar surface area (TPSA) is 50.4 Å². The van der Waals surface area contributed by atoms with Crippen LogP contribution in [0.3, 0.4) is 0 Å². The number of nitrogens with zero attached hydrogens (tertiary/aromatic N) is 1. The van der Waals surface area contributed by atoms with Crippen molar-refractivity contribution in [3.63, 3.8) is 0 Å². The summed E-state index contributed by atoms with van der Waals surface area (Å²) in [6.45, 7) is 5.16. The van der Waals surface area contributed by atoms with Crippen molar-refractivity contribution in [2.24, 2.45) is 22.6 Å². The summed E-state index contributed by atoms with van der Waals surface area (Å²) in [6.07, 6.45) is 3.01. The fourth-order valence-electron chi connectivity index (χ4n) is 3.17. The van der Waals surface area contributed by atoms with Gasteiger partial charge in [0.25, 0.3) is 0 Å². The molecule has 0 aromatic heterocycles. The van der Waals surface area contributed by atoms with Crippen LogP contribution < -0.4 is 11.1 Å². The molecule has 3 heteroatoms. The summed E-state index contributed by atoms with van der Waals surface area (Å²) in [6, 6.07) is 8.79. The van der Waals surface area contributed by atoms with E-state index in [1.165, 1.54) is 12.0 Å². The highest BCUT2D eigenvalue weighted by atomic mass is 15.1. The zero-order valence-electron chi connectivity index (χ0n) is 10.5. The van der Waals surface area contributed by atoms with Crippen molar-refractivity contribution in [1.29, 1.82) is 0 Å². The van der Waals surface area contributed by atoms with Gasteiger partial charge in [-0.3, -0.25) is 4.99 Å². The second-order valence-electron chi connectivity index (χ2n) is 5.15. The molecule has 1 aromatic carbocycles. The summed E-state index contributed by atoms with van der Waals surface area (Å²) in [4.78, 5) is 4.41. The molecule has 1 aromatic rings. The quantitative estimate of drug-likeness (QED) is 0.478. The third-order valence-electron chi connectivity index (χ3n) is 4.10. The third kappa shape index (κ3) is 1.90. The predicted octanol–water partition coefficient (Wildman–Crippen LogP) is 1.66. The van der Waals surface area contributed by atoms with Crippen LogP contribution >= 0.6 is 0 Å². The molecule has 0 aliphatic heterocycles. The zero-order valence-corrected chi connectivity index (χ0v) is 10.5. The summed E-state index contributed by atoms with van der Waals surface area (Å²) in [7, 11) is 0. The Morgan fingerprint density at radius 1 is 1.50 bits per heavy atom. The van der Waals surface area contributed by atoms with E-state index in [0.717, 1.165) is 18.4 Å². The number of nitrogens with two attached hydrogens (primary N) is 1. The van der Waals surface area contributed by atoms with E-state index in [1.54, 1.807) is 11.6 Å². The van der Waals surface area contributed by atoms with E-state index in [1.807, 2.05) is 0 Å². The lowest BCUT2D eigenvalue weighted by Gasteiger charge is -2.06. The van der Waals surface area contributed by atoms with Gasteiger partial charge in [0, 0.05) is 13.1 Å². The first kappa shape index (κ1) is 11.3. The summed E-state index contributed by atoms with van der Waals surface area (Å²) in [5.74, 6) is 2.77. The van der Waals surface area contributed by atoms with Crippen molar-refractivity contribution < 1.29 is 0 Å². The van der Waals surface area contributed by atoms with E-state index < -0.39 is 0 Å². The largest absolute Gasteiger partial charge is 0.370 e. The van der Waals surface area contributed by atoms with Crippen LogP contribution in [0.25, 0.3) is 0 Å². The van der Waals surface area contributed by atoms with Gasteiger partial charge in [-0.1, -0.05) is 30.3 Å². The Balaban J connectivity index is 1.59. The van der Waals surface area contributed by atoms with Crippen LogP contribution in [0, 0.1) is 11.8 Å². The van der Waals surface area contributed by atoms with Gasteiger partial charge >= 0.3 is 0 Å². The summed E-state index contributed by atoms with van der Waals surface area (Å²) in [5, 5.41) is 3.01. The zero-order chi connectivity index (χ0) is 12.5. The Morgan fingerprint density at radius 2 is 2.33 bits per heavy atom. The van der Waals surface area contributed by atoms with E-state index in [0.29, 0.717) is 18.4 Å². The highest BCUT2D eigenvalue weighted by Gasteiger charge is 2.54. The maximum atomic E-state index is 5.77. The van der Waals surface area contributed by atoms with Gasteiger partial charge in [0.1, 0.15) is 0 Å². The molecule has 1 saturated carbocycles. The van der Waals surface area contributed by atoms with Gasteiger partial charge in [0.15, 0.2) is 5.96 Å².